The van der Waals surface area contributed by atoms with Crippen LogP contribution in [0.1, 0.15) is 48.3 Å². The third-order valence-electron chi connectivity index (χ3n) is 4.61. The second kappa shape index (κ2) is 9.99. The van der Waals surface area contributed by atoms with Gasteiger partial charge in [-0.2, -0.15) is 0 Å². The number of carbonyl (C=O) groups is 3. The van der Waals surface area contributed by atoms with Crippen LogP contribution in [0.3, 0.4) is 0 Å². The van der Waals surface area contributed by atoms with Gasteiger partial charge < -0.3 is 10.6 Å². The first-order valence-electron chi connectivity index (χ1n) is 9.79. The average molecular weight is 437 g/mol. The minimum Gasteiger partial charge on any atom is -0.352 e. The van der Waals surface area contributed by atoms with Crippen LogP contribution in [0.5, 0.6) is 0 Å². The van der Waals surface area contributed by atoms with Crippen LogP contribution in [-0.2, 0) is 16.1 Å². The fourth-order valence-corrected chi connectivity index (χ4v) is 3.68. The normalized spacial score (nSPS) is 11.5. The lowest BCUT2D eigenvalue weighted by molar-refractivity contribution is -0.120. The maximum Gasteiger partial charge on any atom is 0.257 e. The Kier molecular flexibility index (Phi) is 7.15. The molecule has 8 heteroatoms. The zero-order valence-corrected chi connectivity index (χ0v) is 18.4. The third kappa shape index (κ3) is 6.23. The Morgan fingerprint density at radius 2 is 1.65 bits per heavy atom. The molecule has 1 heterocycles. The van der Waals surface area contributed by atoms with Crippen molar-refractivity contribution in [2.24, 2.45) is 0 Å². The fourth-order valence-electron chi connectivity index (χ4n) is 2.96. The lowest BCUT2D eigenvalue weighted by Crippen LogP contribution is -2.23. The van der Waals surface area contributed by atoms with Gasteiger partial charge in [-0.05, 0) is 30.2 Å². The van der Waals surface area contributed by atoms with E-state index in [0.29, 0.717) is 17.2 Å². The van der Waals surface area contributed by atoms with Crippen molar-refractivity contribution >= 4 is 34.2 Å². The summed E-state index contributed by atoms with van der Waals surface area (Å²) in [7, 11) is 0. The lowest BCUT2D eigenvalue weighted by atomic mass is 10.1. The van der Waals surface area contributed by atoms with E-state index in [1.165, 1.54) is 25.2 Å². The summed E-state index contributed by atoms with van der Waals surface area (Å²) in [5, 5.41) is 10.8. The number of rotatable bonds is 7. The molecule has 2 aromatic carbocycles. The average Bonchev–Trinajstić information content (AvgIpc) is 3.20. The van der Waals surface area contributed by atoms with E-state index in [1.807, 2.05) is 48.7 Å². The van der Waals surface area contributed by atoms with E-state index in [2.05, 4.69) is 20.9 Å². The first-order chi connectivity index (χ1) is 14.8. The van der Waals surface area contributed by atoms with Gasteiger partial charge in [-0.1, -0.05) is 36.4 Å². The lowest BCUT2D eigenvalue weighted by Gasteiger charge is -2.13. The number of aromatic nitrogens is 1. The molecule has 0 aliphatic carbocycles. The number of amides is 3. The van der Waals surface area contributed by atoms with Crippen molar-refractivity contribution in [2.75, 3.05) is 5.32 Å². The van der Waals surface area contributed by atoms with Crippen molar-refractivity contribution < 1.29 is 14.4 Å². The van der Waals surface area contributed by atoms with Crippen LogP contribution >= 0.6 is 11.3 Å². The summed E-state index contributed by atoms with van der Waals surface area (Å²) < 4.78 is 0. The van der Waals surface area contributed by atoms with Crippen LogP contribution in [-0.4, -0.2) is 22.7 Å². The smallest absolute Gasteiger partial charge is 0.257 e. The second-order valence-corrected chi connectivity index (χ2v) is 8.00. The van der Waals surface area contributed by atoms with Gasteiger partial charge in [-0.15, -0.1) is 11.3 Å². The SMILES string of the molecule is CC(=O)NCc1ccc(C(=O)Nc2nc(-c3ccc(C(C)NC(C)=O)cc3)cs2)cc1. The quantitative estimate of drug-likeness (QED) is 0.523. The number of hydrogen-bond donors (Lipinski definition) is 3. The van der Waals surface area contributed by atoms with Crippen LogP contribution in [0.4, 0.5) is 5.13 Å². The molecular weight excluding hydrogens is 412 g/mol. The molecule has 0 fully saturated rings. The maximum absolute atomic E-state index is 12.5. The second-order valence-electron chi connectivity index (χ2n) is 7.14. The Labute approximate surface area is 184 Å². The summed E-state index contributed by atoms with van der Waals surface area (Å²) in [6.07, 6.45) is 0. The minimum absolute atomic E-state index is 0.0681. The standard InChI is InChI=1S/C23H24N4O3S/c1-14(25-16(3)29)18-8-10-19(11-9-18)21-13-31-23(26-21)27-22(30)20-6-4-17(5-7-20)12-24-15(2)28/h4-11,13-14H,12H2,1-3H3,(H,24,28)(H,25,29)(H,26,27,30). The van der Waals surface area contributed by atoms with Gasteiger partial charge in [-0.3, -0.25) is 19.7 Å². The van der Waals surface area contributed by atoms with Crippen LogP contribution in [0.25, 0.3) is 11.3 Å². The van der Waals surface area contributed by atoms with Crippen molar-refractivity contribution in [2.45, 2.75) is 33.4 Å². The number of nitrogens with zero attached hydrogens (tertiary/aromatic N) is 1. The minimum atomic E-state index is -0.244. The number of nitrogens with one attached hydrogen (secondary N) is 3. The number of thiazole rings is 1. The molecule has 1 aromatic heterocycles. The van der Waals surface area contributed by atoms with E-state index in [1.54, 1.807) is 12.1 Å². The molecule has 3 rings (SSSR count). The van der Waals surface area contributed by atoms with Gasteiger partial charge >= 0.3 is 0 Å². The van der Waals surface area contributed by atoms with Gasteiger partial charge in [0.2, 0.25) is 11.8 Å². The van der Waals surface area contributed by atoms with Crippen LogP contribution in [0.15, 0.2) is 53.9 Å². The largest absolute Gasteiger partial charge is 0.352 e. The molecule has 0 aliphatic rings. The van der Waals surface area contributed by atoms with E-state index >= 15 is 0 Å². The molecule has 7 nitrogen and oxygen atoms in total. The molecular formula is C23H24N4O3S. The highest BCUT2D eigenvalue weighted by Gasteiger charge is 2.11. The van der Waals surface area contributed by atoms with E-state index in [4.69, 9.17) is 0 Å². The molecule has 0 aliphatic heterocycles. The topological polar surface area (TPSA) is 100 Å². The number of benzene rings is 2. The molecule has 1 unspecified atom stereocenters. The molecule has 3 amide bonds. The monoisotopic (exact) mass is 436 g/mol. The van der Waals surface area contributed by atoms with Gasteiger partial charge in [0.15, 0.2) is 5.13 Å². The van der Waals surface area contributed by atoms with Crippen molar-refractivity contribution in [1.29, 1.82) is 0 Å². The predicted octanol–water partition coefficient (Wildman–Crippen LogP) is 3.90. The summed E-state index contributed by atoms with van der Waals surface area (Å²) in [4.78, 5) is 39.2. The third-order valence-corrected chi connectivity index (χ3v) is 5.37. The molecule has 0 spiro atoms. The molecule has 0 radical (unpaired) electrons. The summed E-state index contributed by atoms with van der Waals surface area (Å²) in [5.74, 6) is -0.413. The van der Waals surface area contributed by atoms with E-state index in [-0.39, 0.29) is 23.8 Å². The molecule has 0 saturated heterocycles. The molecule has 3 aromatic rings. The van der Waals surface area contributed by atoms with E-state index in [9.17, 15) is 14.4 Å². The fraction of sp³-hybridized carbons (Fsp3) is 0.217. The van der Waals surface area contributed by atoms with Gasteiger partial charge in [0, 0.05) is 36.9 Å². The molecule has 0 saturated carbocycles. The Hall–Kier alpha value is -3.52. The van der Waals surface area contributed by atoms with Gasteiger partial charge in [0.1, 0.15) is 0 Å². The van der Waals surface area contributed by atoms with Gasteiger partial charge in [0.25, 0.3) is 5.91 Å². The van der Waals surface area contributed by atoms with Crippen LogP contribution in [0.2, 0.25) is 0 Å². The first kappa shape index (κ1) is 22.2. The highest BCUT2D eigenvalue weighted by molar-refractivity contribution is 7.14. The number of hydrogen-bond acceptors (Lipinski definition) is 5. The molecule has 31 heavy (non-hydrogen) atoms. The van der Waals surface area contributed by atoms with E-state index < -0.39 is 0 Å². The van der Waals surface area contributed by atoms with Crippen LogP contribution in [0, 0.1) is 0 Å². The van der Waals surface area contributed by atoms with Crippen LogP contribution < -0.4 is 16.0 Å². The van der Waals surface area contributed by atoms with E-state index in [0.717, 1.165) is 22.4 Å². The summed E-state index contributed by atoms with van der Waals surface area (Å²) in [6, 6.07) is 14.8. The Morgan fingerprint density at radius 1 is 0.968 bits per heavy atom. The predicted molar refractivity (Wildman–Crippen MR) is 122 cm³/mol. The highest BCUT2D eigenvalue weighted by atomic mass is 32.1. The van der Waals surface area contributed by atoms with Crippen molar-refractivity contribution in [3.63, 3.8) is 0 Å². The van der Waals surface area contributed by atoms with Gasteiger partial charge in [0.05, 0.1) is 11.7 Å². The zero-order valence-electron chi connectivity index (χ0n) is 17.6. The summed E-state index contributed by atoms with van der Waals surface area (Å²) in [5.41, 5.74) is 4.13. The van der Waals surface area contributed by atoms with Crippen molar-refractivity contribution in [1.82, 2.24) is 15.6 Å². The number of carbonyl (C=O) groups excluding carboxylic acids is 3. The van der Waals surface area contributed by atoms with Crippen molar-refractivity contribution in [3.05, 3.63) is 70.6 Å². The zero-order chi connectivity index (χ0) is 22.4. The Balaban J connectivity index is 1.62. The summed E-state index contributed by atoms with van der Waals surface area (Å²) >= 11 is 1.35. The molecule has 160 valence electrons. The molecule has 0 bridgehead atoms. The Morgan fingerprint density at radius 3 is 2.26 bits per heavy atom. The first-order valence-corrected chi connectivity index (χ1v) is 10.7. The van der Waals surface area contributed by atoms with Gasteiger partial charge in [-0.25, -0.2) is 4.98 Å². The molecule has 1 atom stereocenters. The maximum atomic E-state index is 12.5. The van der Waals surface area contributed by atoms with Crippen molar-refractivity contribution in [3.8, 4) is 11.3 Å². The highest BCUT2D eigenvalue weighted by Crippen LogP contribution is 2.26. The molecule has 3 N–H and O–H groups in total. The number of anilines is 1. The Bertz CT molecular complexity index is 1070. The summed E-state index contributed by atoms with van der Waals surface area (Å²) in [6.45, 7) is 5.32.